The van der Waals surface area contributed by atoms with Crippen molar-refractivity contribution in [3.8, 4) is 0 Å². The third-order valence-corrected chi connectivity index (χ3v) is 5.25. The molecule has 2 aliphatic heterocycles. The van der Waals surface area contributed by atoms with Crippen LogP contribution in [0.15, 0.2) is 0 Å². The van der Waals surface area contributed by atoms with Gasteiger partial charge in [0.05, 0.1) is 0 Å². The molecule has 2 saturated heterocycles. The molecule has 1 heteroatoms. The lowest BCUT2D eigenvalue weighted by atomic mass is 9.64. The molecule has 0 N–H and O–H groups in total. The molecule has 0 amide bonds. The van der Waals surface area contributed by atoms with Gasteiger partial charge < -0.3 is 4.90 Å². The van der Waals surface area contributed by atoms with E-state index in [-0.39, 0.29) is 0 Å². The average Bonchev–Trinajstić information content (AvgIpc) is 2.15. The summed E-state index contributed by atoms with van der Waals surface area (Å²) in [7, 11) is 2.38. The van der Waals surface area contributed by atoms with E-state index in [4.69, 9.17) is 0 Å². The van der Waals surface area contributed by atoms with E-state index in [1.54, 1.807) is 0 Å². The van der Waals surface area contributed by atoms with E-state index in [2.05, 4.69) is 39.6 Å². The highest BCUT2D eigenvalue weighted by Gasteiger charge is 2.44. The van der Waals surface area contributed by atoms with E-state index in [0.29, 0.717) is 0 Å². The lowest BCUT2D eigenvalue weighted by molar-refractivity contribution is -0.0465. The molecule has 0 saturated carbocycles. The summed E-state index contributed by atoms with van der Waals surface area (Å²) in [6, 6.07) is 1.76. The quantitative estimate of drug-likeness (QED) is 0.688. The smallest absolute Gasteiger partial charge is 0.0129 e. The second kappa shape index (κ2) is 4.68. The van der Waals surface area contributed by atoms with E-state index >= 15 is 0 Å². The van der Waals surface area contributed by atoms with Crippen LogP contribution in [0.3, 0.4) is 0 Å². The Kier molecular flexibility index (Phi) is 3.63. The zero-order chi connectivity index (χ0) is 11.9. The summed E-state index contributed by atoms with van der Waals surface area (Å²) in [5.41, 5.74) is 0. The van der Waals surface area contributed by atoms with E-state index < -0.39 is 0 Å². The first-order valence-corrected chi connectivity index (χ1v) is 7.24. The standard InChI is InChI=1S/C15H29N/c1-10(2)13-9-12-7-6-8-14(16(12)5)15(13)11(3)4/h10-15H,6-9H2,1-5H3. The highest BCUT2D eigenvalue weighted by molar-refractivity contribution is 4.97. The molecule has 0 radical (unpaired) electrons. The second-order valence-corrected chi connectivity index (χ2v) is 6.78. The van der Waals surface area contributed by atoms with Crippen molar-refractivity contribution in [1.29, 1.82) is 0 Å². The highest BCUT2D eigenvalue weighted by atomic mass is 15.2. The minimum absolute atomic E-state index is 0.846. The van der Waals surface area contributed by atoms with Crippen LogP contribution >= 0.6 is 0 Å². The maximum Gasteiger partial charge on any atom is 0.0129 e. The van der Waals surface area contributed by atoms with Crippen LogP contribution in [0.2, 0.25) is 0 Å². The second-order valence-electron chi connectivity index (χ2n) is 6.78. The van der Waals surface area contributed by atoms with Gasteiger partial charge in [-0.1, -0.05) is 34.1 Å². The van der Waals surface area contributed by atoms with Crippen molar-refractivity contribution in [1.82, 2.24) is 4.90 Å². The highest BCUT2D eigenvalue weighted by Crippen LogP contribution is 2.45. The summed E-state index contributed by atoms with van der Waals surface area (Å²) in [5.74, 6) is 3.61. The molecule has 0 aliphatic carbocycles. The third kappa shape index (κ3) is 2.03. The van der Waals surface area contributed by atoms with Crippen LogP contribution in [0, 0.1) is 23.7 Å². The van der Waals surface area contributed by atoms with Crippen LogP contribution < -0.4 is 0 Å². The zero-order valence-electron chi connectivity index (χ0n) is 11.7. The largest absolute Gasteiger partial charge is 0.300 e. The van der Waals surface area contributed by atoms with Crippen molar-refractivity contribution in [2.75, 3.05) is 7.05 Å². The number of hydrogen-bond donors (Lipinski definition) is 0. The predicted molar refractivity (Wildman–Crippen MR) is 70.5 cm³/mol. The van der Waals surface area contributed by atoms with Crippen LogP contribution in [0.4, 0.5) is 0 Å². The Balaban J connectivity index is 2.22. The summed E-state index contributed by atoms with van der Waals surface area (Å²) in [5, 5.41) is 0. The molecule has 2 bridgehead atoms. The third-order valence-electron chi connectivity index (χ3n) is 5.25. The first kappa shape index (κ1) is 12.4. The van der Waals surface area contributed by atoms with Gasteiger partial charge in [-0.05, 0) is 50.0 Å². The lowest BCUT2D eigenvalue weighted by Gasteiger charge is -2.54. The SMILES string of the molecule is CC(C)C1CC2CCCC(C1C(C)C)N2C. The number of rotatable bonds is 2. The fourth-order valence-electron chi connectivity index (χ4n) is 4.40. The van der Waals surface area contributed by atoms with Crippen LogP contribution in [0.5, 0.6) is 0 Å². The zero-order valence-corrected chi connectivity index (χ0v) is 11.7. The number of fused-ring (bicyclic) bond motifs is 2. The van der Waals surface area contributed by atoms with Crippen molar-refractivity contribution in [3.63, 3.8) is 0 Å². The Morgan fingerprint density at radius 2 is 1.69 bits per heavy atom. The molecule has 0 spiro atoms. The van der Waals surface area contributed by atoms with Gasteiger partial charge in [-0.3, -0.25) is 0 Å². The van der Waals surface area contributed by atoms with Gasteiger partial charge >= 0.3 is 0 Å². The van der Waals surface area contributed by atoms with Crippen LogP contribution in [-0.2, 0) is 0 Å². The minimum Gasteiger partial charge on any atom is -0.300 e. The summed E-state index contributed by atoms with van der Waals surface area (Å²) in [6.45, 7) is 9.73. The fraction of sp³-hybridized carbons (Fsp3) is 1.00. The topological polar surface area (TPSA) is 3.24 Å². The summed E-state index contributed by atoms with van der Waals surface area (Å²) < 4.78 is 0. The fourth-order valence-corrected chi connectivity index (χ4v) is 4.40. The Morgan fingerprint density at radius 3 is 2.25 bits per heavy atom. The van der Waals surface area contributed by atoms with Gasteiger partial charge in [0, 0.05) is 12.1 Å². The molecule has 2 fully saturated rings. The number of piperidine rings is 2. The molecule has 4 unspecified atom stereocenters. The summed E-state index contributed by atoms with van der Waals surface area (Å²) in [6.07, 6.45) is 5.81. The molecule has 0 aromatic heterocycles. The van der Waals surface area contributed by atoms with Gasteiger partial charge in [-0.2, -0.15) is 0 Å². The summed E-state index contributed by atoms with van der Waals surface area (Å²) >= 11 is 0. The van der Waals surface area contributed by atoms with Crippen LogP contribution in [0.1, 0.15) is 53.4 Å². The molecule has 2 heterocycles. The molecular weight excluding hydrogens is 194 g/mol. The van der Waals surface area contributed by atoms with Crippen molar-refractivity contribution >= 4 is 0 Å². The van der Waals surface area contributed by atoms with E-state index in [9.17, 15) is 0 Å². The lowest BCUT2D eigenvalue weighted by Crippen LogP contribution is -2.57. The van der Waals surface area contributed by atoms with Gasteiger partial charge in [-0.25, -0.2) is 0 Å². The van der Waals surface area contributed by atoms with Gasteiger partial charge in [0.25, 0.3) is 0 Å². The maximum absolute atomic E-state index is 2.72. The summed E-state index contributed by atoms with van der Waals surface area (Å²) in [4.78, 5) is 2.72. The average molecular weight is 223 g/mol. The van der Waals surface area contributed by atoms with Gasteiger partial charge in [0.2, 0.25) is 0 Å². The molecule has 0 aromatic carbocycles. The Labute approximate surface area is 102 Å². The van der Waals surface area contributed by atoms with Crippen molar-refractivity contribution in [3.05, 3.63) is 0 Å². The minimum atomic E-state index is 0.846. The van der Waals surface area contributed by atoms with E-state index in [0.717, 1.165) is 35.8 Å². The van der Waals surface area contributed by atoms with Gasteiger partial charge in [0.15, 0.2) is 0 Å². The van der Waals surface area contributed by atoms with Crippen molar-refractivity contribution < 1.29 is 0 Å². The molecule has 2 aliphatic rings. The van der Waals surface area contributed by atoms with E-state index in [1.165, 1.54) is 25.7 Å². The van der Waals surface area contributed by atoms with Gasteiger partial charge in [0.1, 0.15) is 0 Å². The Bertz CT molecular complexity index is 232. The molecule has 4 atom stereocenters. The number of hydrogen-bond acceptors (Lipinski definition) is 1. The maximum atomic E-state index is 2.72. The molecule has 1 nitrogen and oxygen atoms in total. The molecule has 94 valence electrons. The van der Waals surface area contributed by atoms with Gasteiger partial charge in [-0.15, -0.1) is 0 Å². The molecule has 16 heavy (non-hydrogen) atoms. The Morgan fingerprint density at radius 1 is 1.00 bits per heavy atom. The monoisotopic (exact) mass is 223 g/mol. The molecular formula is C15H29N. The van der Waals surface area contributed by atoms with E-state index in [1.807, 2.05) is 0 Å². The van der Waals surface area contributed by atoms with Crippen molar-refractivity contribution in [2.45, 2.75) is 65.5 Å². The van der Waals surface area contributed by atoms with Crippen molar-refractivity contribution in [2.24, 2.45) is 23.7 Å². The first-order valence-electron chi connectivity index (χ1n) is 7.24. The Hall–Kier alpha value is -0.0400. The number of nitrogens with zero attached hydrogens (tertiary/aromatic N) is 1. The molecule has 0 aromatic rings. The normalized spacial score (nSPS) is 40.7. The first-order chi connectivity index (χ1) is 7.52. The van der Waals surface area contributed by atoms with Crippen LogP contribution in [-0.4, -0.2) is 24.0 Å². The van der Waals surface area contributed by atoms with Crippen LogP contribution in [0.25, 0.3) is 0 Å². The molecule has 2 rings (SSSR count). The predicted octanol–water partition coefficient (Wildman–Crippen LogP) is 3.79.